The van der Waals surface area contributed by atoms with Gasteiger partial charge in [0.25, 0.3) is 0 Å². The SMILES string of the molecule is CC(C)(C)c1ccc([C@@]2(CCCCCCN(Cc3ccccc3)Cc3ccccc3)Nc3c(ccc4c3CCCC4)C2(C)C)cc1. The fraction of sp³-hybridized carbons (Fsp3) is 0.455. The average molecular weight is 613 g/mol. The van der Waals surface area contributed by atoms with Crippen LogP contribution in [0.15, 0.2) is 97.1 Å². The van der Waals surface area contributed by atoms with Crippen LogP contribution in [0.2, 0.25) is 0 Å². The summed E-state index contributed by atoms with van der Waals surface area (Å²) in [7, 11) is 0. The van der Waals surface area contributed by atoms with E-state index in [1.165, 1.54) is 84.9 Å². The summed E-state index contributed by atoms with van der Waals surface area (Å²) in [5.41, 5.74) is 11.8. The first kappa shape index (κ1) is 32.6. The quantitative estimate of drug-likeness (QED) is 0.160. The van der Waals surface area contributed by atoms with Gasteiger partial charge in [0.05, 0.1) is 5.54 Å². The highest BCUT2D eigenvalue weighted by Gasteiger charge is 2.53. The van der Waals surface area contributed by atoms with E-state index in [-0.39, 0.29) is 16.4 Å². The third-order valence-corrected chi connectivity index (χ3v) is 11.1. The first-order valence-electron chi connectivity index (χ1n) is 18.0. The Morgan fingerprint density at radius 3 is 1.91 bits per heavy atom. The Bertz CT molecular complexity index is 1520. The standard InChI is InChI=1S/C44H56N2/c1-42(2,3)37-25-27-38(28-26-37)44(43(4,5)40-29-24-36-22-14-15-23-39(36)41(40)45-44)30-16-6-7-17-31-46(32-34-18-10-8-11-19-34)33-35-20-12-9-13-21-35/h8-13,18-21,24-29,45H,6-7,14-17,22-23,30-33H2,1-5H3/t44-/m1/s1. The maximum atomic E-state index is 4.30. The van der Waals surface area contributed by atoms with Crippen LogP contribution in [0.5, 0.6) is 0 Å². The molecule has 1 atom stereocenters. The van der Waals surface area contributed by atoms with Crippen LogP contribution in [-0.2, 0) is 42.3 Å². The zero-order valence-corrected chi connectivity index (χ0v) is 29.2. The van der Waals surface area contributed by atoms with Crippen molar-refractivity contribution in [2.45, 2.75) is 122 Å². The fourth-order valence-corrected chi connectivity index (χ4v) is 8.27. The summed E-state index contributed by atoms with van der Waals surface area (Å²) in [4.78, 5) is 2.63. The Morgan fingerprint density at radius 1 is 0.674 bits per heavy atom. The Hall–Kier alpha value is -3.36. The molecule has 0 saturated carbocycles. The molecular weight excluding hydrogens is 556 g/mol. The lowest BCUT2D eigenvalue weighted by molar-refractivity contribution is 0.247. The molecule has 0 radical (unpaired) electrons. The van der Waals surface area contributed by atoms with Crippen molar-refractivity contribution in [3.63, 3.8) is 0 Å². The smallest absolute Gasteiger partial charge is 0.0717 e. The molecule has 6 rings (SSSR count). The number of benzene rings is 4. The van der Waals surface area contributed by atoms with Gasteiger partial charge < -0.3 is 5.32 Å². The number of nitrogens with zero attached hydrogens (tertiary/aromatic N) is 1. The lowest BCUT2D eigenvalue weighted by Crippen LogP contribution is -2.46. The van der Waals surface area contributed by atoms with Gasteiger partial charge in [0.2, 0.25) is 0 Å². The van der Waals surface area contributed by atoms with Crippen LogP contribution in [0, 0.1) is 0 Å². The monoisotopic (exact) mass is 612 g/mol. The third-order valence-electron chi connectivity index (χ3n) is 11.1. The average Bonchev–Trinajstić information content (AvgIpc) is 3.30. The van der Waals surface area contributed by atoms with Crippen LogP contribution in [-0.4, -0.2) is 11.4 Å². The van der Waals surface area contributed by atoms with E-state index in [0.717, 1.165) is 26.1 Å². The molecule has 0 saturated heterocycles. The lowest BCUT2D eigenvalue weighted by Gasteiger charge is -2.43. The largest absolute Gasteiger partial charge is 0.374 e. The van der Waals surface area contributed by atoms with Gasteiger partial charge in [0.15, 0.2) is 0 Å². The second kappa shape index (κ2) is 13.8. The molecule has 2 nitrogen and oxygen atoms in total. The predicted octanol–water partition coefficient (Wildman–Crippen LogP) is 11.1. The number of nitrogens with one attached hydrogen (secondary N) is 1. The number of aryl methyl sites for hydroxylation is 1. The van der Waals surface area contributed by atoms with E-state index in [4.69, 9.17) is 0 Å². The molecule has 1 N–H and O–H groups in total. The number of unbranched alkanes of at least 4 members (excludes halogenated alkanes) is 3. The van der Waals surface area contributed by atoms with E-state index in [1.807, 2.05) is 0 Å². The van der Waals surface area contributed by atoms with Gasteiger partial charge in [-0.2, -0.15) is 0 Å². The van der Waals surface area contributed by atoms with Crippen molar-refractivity contribution >= 4 is 5.69 Å². The molecule has 2 aliphatic rings. The van der Waals surface area contributed by atoms with Crippen molar-refractivity contribution in [2.24, 2.45) is 0 Å². The second-order valence-electron chi connectivity index (χ2n) is 15.7. The molecule has 0 fully saturated rings. The lowest BCUT2D eigenvalue weighted by atomic mass is 9.64. The summed E-state index contributed by atoms with van der Waals surface area (Å²) in [6.45, 7) is 15.1. The highest BCUT2D eigenvalue weighted by Crippen LogP contribution is 2.57. The van der Waals surface area contributed by atoms with E-state index in [9.17, 15) is 0 Å². The molecule has 0 bridgehead atoms. The van der Waals surface area contributed by atoms with Gasteiger partial charge >= 0.3 is 0 Å². The molecule has 46 heavy (non-hydrogen) atoms. The summed E-state index contributed by atoms with van der Waals surface area (Å²) in [5.74, 6) is 0. The van der Waals surface area contributed by atoms with Crippen molar-refractivity contribution in [3.8, 4) is 0 Å². The van der Waals surface area contributed by atoms with E-state index in [1.54, 1.807) is 11.1 Å². The number of hydrogen-bond donors (Lipinski definition) is 1. The normalized spacial score (nSPS) is 18.7. The Morgan fingerprint density at radius 2 is 1.28 bits per heavy atom. The van der Waals surface area contributed by atoms with Gasteiger partial charge in [-0.15, -0.1) is 0 Å². The molecule has 0 unspecified atom stereocenters. The van der Waals surface area contributed by atoms with Gasteiger partial charge in [-0.05, 0) is 89.4 Å². The number of rotatable bonds is 12. The predicted molar refractivity (Wildman–Crippen MR) is 197 cm³/mol. The topological polar surface area (TPSA) is 15.3 Å². The molecular formula is C44H56N2. The minimum absolute atomic E-state index is 0.000224. The van der Waals surface area contributed by atoms with Crippen LogP contribution in [0.1, 0.15) is 119 Å². The minimum atomic E-state index is -0.106. The molecule has 242 valence electrons. The summed E-state index contributed by atoms with van der Waals surface area (Å²) in [6, 6.07) is 36.5. The van der Waals surface area contributed by atoms with Crippen LogP contribution in [0.25, 0.3) is 0 Å². The van der Waals surface area contributed by atoms with Crippen molar-refractivity contribution in [1.82, 2.24) is 4.90 Å². The minimum Gasteiger partial charge on any atom is -0.374 e. The summed E-state index contributed by atoms with van der Waals surface area (Å²) >= 11 is 0. The highest BCUT2D eigenvalue weighted by molar-refractivity contribution is 5.72. The zero-order chi connectivity index (χ0) is 32.2. The van der Waals surface area contributed by atoms with Gasteiger partial charge in [-0.25, -0.2) is 0 Å². The zero-order valence-electron chi connectivity index (χ0n) is 29.2. The van der Waals surface area contributed by atoms with E-state index < -0.39 is 0 Å². The fourth-order valence-electron chi connectivity index (χ4n) is 8.27. The maximum absolute atomic E-state index is 4.30. The van der Waals surface area contributed by atoms with Crippen LogP contribution < -0.4 is 5.32 Å². The van der Waals surface area contributed by atoms with Crippen molar-refractivity contribution in [3.05, 3.63) is 136 Å². The van der Waals surface area contributed by atoms with Gasteiger partial charge in [0, 0.05) is 24.2 Å². The van der Waals surface area contributed by atoms with Crippen LogP contribution in [0.3, 0.4) is 0 Å². The van der Waals surface area contributed by atoms with E-state index in [0.29, 0.717) is 0 Å². The Balaban J connectivity index is 1.16. The molecule has 0 amide bonds. The van der Waals surface area contributed by atoms with E-state index in [2.05, 4.69) is 142 Å². The first-order chi connectivity index (χ1) is 22.2. The highest BCUT2D eigenvalue weighted by atomic mass is 15.1. The molecule has 1 aliphatic heterocycles. The molecule has 2 heteroatoms. The van der Waals surface area contributed by atoms with Crippen molar-refractivity contribution in [2.75, 3.05) is 11.9 Å². The van der Waals surface area contributed by atoms with Crippen LogP contribution >= 0.6 is 0 Å². The molecule has 1 aliphatic carbocycles. The van der Waals surface area contributed by atoms with Gasteiger partial charge in [0.1, 0.15) is 0 Å². The Kier molecular flexibility index (Phi) is 9.76. The summed E-state index contributed by atoms with van der Waals surface area (Å²) < 4.78 is 0. The van der Waals surface area contributed by atoms with E-state index >= 15 is 0 Å². The molecule has 1 heterocycles. The van der Waals surface area contributed by atoms with Crippen molar-refractivity contribution in [1.29, 1.82) is 0 Å². The Labute approximate surface area is 279 Å². The van der Waals surface area contributed by atoms with Gasteiger partial charge in [-0.3, -0.25) is 4.90 Å². The maximum Gasteiger partial charge on any atom is 0.0717 e. The number of hydrogen-bond acceptors (Lipinski definition) is 2. The van der Waals surface area contributed by atoms with Crippen molar-refractivity contribution < 1.29 is 0 Å². The first-order valence-corrected chi connectivity index (χ1v) is 18.0. The van der Waals surface area contributed by atoms with Gasteiger partial charge in [-0.1, -0.05) is 151 Å². The third kappa shape index (κ3) is 6.84. The molecule has 0 aromatic heterocycles. The number of fused-ring (bicyclic) bond motifs is 3. The number of anilines is 1. The second-order valence-corrected chi connectivity index (χ2v) is 15.7. The van der Waals surface area contributed by atoms with Crippen LogP contribution in [0.4, 0.5) is 5.69 Å². The summed E-state index contributed by atoms with van der Waals surface area (Å²) in [5, 5.41) is 4.30. The molecule has 0 spiro atoms. The summed E-state index contributed by atoms with van der Waals surface area (Å²) in [6.07, 6.45) is 11.2. The molecule has 4 aromatic carbocycles. The molecule has 4 aromatic rings.